The maximum Gasteiger partial charge on any atom is 0.248 e. The molecule has 13 N–H and O–H groups in total. The van der Waals surface area contributed by atoms with Gasteiger partial charge >= 0.3 is 0 Å². The highest BCUT2D eigenvalue weighted by molar-refractivity contribution is 5.97. The average molecular weight is 618 g/mol. The molecular formula is C28H47N11O5. The average Bonchev–Trinajstić information content (AvgIpc) is 2.93. The van der Waals surface area contributed by atoms with E-state index >= 15 is 0 Å². The van der Waals surface area contributed by atoms with Gasteiger partial charge in [-0.05, 0) is 45.1 Å². The zero-order valence-electron chi connectivity index (χ0n) is 25.8. The smallest absolute Gasteiger partial charge is 0.248 e. The highest BCUT2D eigenvalue weighted by Gasteiger charge is 2.39. The number of carbonyl (C=O) groups excluding carboxylic acids is 5. The zero-order valence-corrected chi connectivity index (χ0v) is 25.8. The van der Waals surface area contributed by atoms with Crippen molar-refractivity contribution in [3.8, 4) is 0 Å². The molecule has 0 spiro atoms. The van der Waals surface area contributed by atoms with E-state index in [1.807, 2.05) is 6.07 Å². The number of primary amides is 1. The first-order valence-electron chi connectivity index (χ1n) is 14.2. The highest BCUT2D eigenvalue weighted by atomic mass is 16.2. The first-order valence-corrected chi connectivity index (χ1v) is 14.2. The maximum absolute atomic E-state index is 13.7. The van der Waals surface area contributed by atoms with Crippen LogP contribution in [-0.2, 0) is 30.4 Å². The number of guanidine groups is 2. The van der Waals surface area contributed by atoms with E-state index in [4.69, 9.17) is 28.7 Å². The number of benzene rings is 1. The van der Waals surface area contributed by atoms with Crippen LogP contribution < -0.4 is 44.6 Å². The van der Waals surface area contributed by atoms with Crippen molar-refractivity contribution in [3.05, 3.63) is 35.9 Å². The summed E-state index contributed by atoms with van der Waals surface area (Å²) in [6, 6.07) is 5.92. The Labute approximate surface area is 257 Å². The SMILES string of the molecule is CC(=O)N[C@@H](CCCN=C(N)N)C(=O)NC(C)(C)C(=O)N(C)[C@@H](CCCN=C(N)N)C(=O)N[C@@H](Cc1ccccc1)C(N)=O. The molecule has 1 aromatic carbocycles. The summed E-state index contributed by atoms with van der Waals surface area (Å²) in [5, 5.41) is 7.90. The Morgan fingerprint density at radius 1 is 0.818 bits per heavy atom. The van der Waals surface area contributed by atoms with Gasteiger partial charge in [0.2, 0.25) is 29.5 Å². The number of amides is 5. The normalized spacial score (nSPS) is 12.9. The summed E-state index contributed by atoms with van der Waals surface area (Å²) in [4.78, 5) is 73.4. The predicted molar refractivity (Wildman–Crippen MR) is 167 cm³/mol. The second-order valence-corrected chi connectivity index (χ2v) is 10.9. The van der Waals surface area contributed by atoms with E-state index in [9.17, 15) is 24.0 Å². The van der Waals surface area contributed by atoms with Crippen molar-refractivity contribution in [2.24, 2.45) is 38.7 Å². The van der Waals surface area contributed by atoms with E-state index in [0.29, 0.717) is 12.8 Å². The number of hydrogen-bond acceptors (Lipinski definition) is 7. The topological polar surface area (TPSA) is 280 Å². The van der Waals surface area contributed by atoms with Crippen molar-refractivity contribution in [2.45, 2.75) is 76.5 Å². The predicted octanol–water partition coefficient (Wildman–Crippen LogP) is -2.47. The molecule has 0 bridgehead atoms. The molecule has 0 aliphatic carbocycles. The first kappa shape index (κ1) is 37.1. The minimum Gasteiger partial charge on any atom is -0.370 e. The van der Waals surface area contributed by atoms with E-state index in [2.05, 4.69) is 25.9 Å². The van der Waals surface area contributed by atoms with Gasteiger partial charge in [-0.15, -0.1) is 0 Å². The van der Waals surface area contributed by atoms with Crippen LogP contribution in [0.3, 0.4) is 0 Å². The Morgan fingerprint density at radius 2 is 1.36 bits per heavy atom. The summed E-state index contributed by atoms with van der Waals surface area (Å²) in [7, 11) is 1.41. The van der Waals surface area contributed by atoms with Gasteiger partial charge in [-0.1, -0.05) is 30.3 Å². The lowest BCUT2D eigenvalue weighted by Crippen LogP contribution is -2.62. The van der Waals surface area contributed by atoms with Crippen LogP contribution in [0.2, 0.25) is 0 Å². The molecule has 0 fully saturated rings. The standard InChI is InChI=1S/C28H47N11O5/c1-17(40)36-19(12-8-14-34-26(30)31)23(42)38-28(2,3)25(44)39(4)21(13-9-15-35-27(32)33)24(43)37-20(22(29)41)16-18-10-6-5-7-11-18/h5-7,10-11,19-21H,8-9,12-16H2,1-4H3,(H2,29,41)(H,36,40)(H,37,43)(H,38,42)(H4,30,31,34)(H4,32,33,35)/t19-,20-,21-/m0/s1. The summed E-state index contributed by atoms with van der Waals surface area (Å²) >= 11 is 0. The van der Waals surface area contributed by atoms with Crippen molar-refractivity contribution < 1.29 is 24.0 Å². The summed E-state index contributed by atoms with van der Waals surface area (Å²) in [5.41, 5.74) is 26.4. The van der Waals surface area contributed by atoms with Gasteiger partial charge in [-0.25, -0.2) is 0 Å². The lowest BCUT2D eigenvalue weighted by atomic mass is 9.98. The Kier molecular flexibility index (Phi) is 15.1. The van der Waals surface area contributed by atoms with E-state index in [1.54, 1.807) is 24.3 Å². The summed E-state index contributed by atoms with van der Waals surface area (Å²) in [6.07, 6.45) is 1.18. The van der Waals surface area contributed by atoms with Gasteiger partial charge in [0.15, 0.2) is 11.9 Å². The summed E-state index contributed by atoms with van der Waals surface area (Å²) in [6.45, 7) is 4.65. The second kappa shape index (κ2) is 17.9. The Bertz CT molecular complexity index is 1200. The van der Waals surface area contributed by atoms with Gasteiger partial charge in [0.1, 0.15) is 23.7 Å². The van der Waals surface area contributed by atoms with Crippen LogP contribution in [0.1, 0.15) is 52.0 Å². The number of carbonyl (C=O) groups is 5. The molecule has 0 saturated heterocycles. The molecule has 3 atom stereocenters. The molecule has 0 aromatic heterocycles. The third kappa shape index (κ3) is 13.4. The Balaban J connectivity index is 3.15. The third-order valence-corrected chi connectivity index (χ3v) is 6.57. The van der Waals surface area contributed by atoms with Gasteiger partial charge in [-0.2, -0.15) is 0 Å². The van der Waals surface area contributed by atoms with Crippen LogP contribution in [0.25, 0.3) is 0 Å². The van der Waals surface area contributed by atoms with Crippen molar-refractivity contribution in [2.75, 3.05) is 20.1 Å². The van der Waals surface area contributed by atoms with Crippen LogP contribution in [0, 0.1) is 0 Å². The molecular weight excluding hydrogens is 570 g/mol. The van der Waals surface area contributed by atoms with Crippen molar-refractivity contribution in [1.29, 1.82) is 0 Å². The molecule has 244 valence electrons. The molecule has 0 radical (unpaired) electrons. The molecule has 0 saturated carbocycles. The minimum absolute atomic E-state index is 0.0978. The largest absolute Gasteiger partial charge is 0.370 e. The van der Waals surface area contributed by atoms with Gasteiger partial charge in [0, 0.05) is 33.5 Å². The van der Waals surface area contributed by atoms with Gasteiger partial charge < -0.3 is 49.5 Å². The number of nitrogens with zero attached hydrogens (tertiary/aromatic N) is 3. The fraction of sp³-hybridized carbons (Fsp3) is 0.536. The van der Waals surface area contributed by atoms with E-state index in [-0.39, 0.29) is 44.3 Å². The summed E-state index contributed by atoms with van der Waals surface area (Å²) < 4.78 is 0. The number of aliphatic imine (C=N–C) groups is 2. The Morgan fingerprint density at radius 3 is 1.86 bits per heavy atom. The molecule has 1 aromatic rings. The van der Waals surface area contributed by atoms with Crippen molar-refractivity contribution >= 4 is 41.5 Å². The van der Waals surface area contributed by atoms with Crippen LogP contribution in [0.5, 0.6) is 0 Å². The molecule has 1 rings (SSSR count). The summed E-state index contributed by atoms with van der Waals surface area (Å²) in [5.74, 6) is -3.24. The van der Waals surface area contributed by atoms with Gasteiger partial charge in [-0.3, -0.25) is 34.0 Å². The molecule has 5 amide bonds. The van der Waals surface area contributed by atoms with Crippen LogP contribution in [0.15, 0.2) is 40.3 Å². The van der Waals surface area contributed by atoms with Gasteiger partial charge in [0.25, 0.3) is 0 Å². The maximum atomic E-state index is 13.7. The fourth-order valence-corrected chi connectivity index (χ4v) is 4.38. The van der Waals surface area contributed by atoms with Crippen LogP contribution in [-0.4, -0.2) is 90.2 Å². The second-order valence-electron chi connectivity index (χ2n) is 10.9. The van der Waals surface area contributed by atoms with E-state index in [0.717, 1.165) is 5.56 Å². The monoisotopic (exact) mass is 617 g/mol. The quantitative estimate of drug-likeness (QED) is 0.0491. The van der Waals surface area contributed by atoms with Crippen LogP contribution >= 0.6 is 0 Å². The highest BCUT2D eigenvalue weighted by Crippen LogP contribution is 2.15. The molecule has 44 heavy (non-hydrogen) atoms. The minimum atomic E-state index is -1.51. The fourth-order valence-electron chi connectivity index (χ4n) is 4.38. The lowest BCUT2D eigenvalue weighted by molar-refractivity contribution is -0.146. The van der Waals surface area contributed by atoms with E-state index in [1.165, 1.54) is 32.7 Å². The molecule has 0 aliphatic heterocycles. The Hall–Kier alpha value is -4.89. The number of hydrogen-bond donors (Lipinski definition) is 8. The van der Waals surface area contributed by atoms with Crippen molar-refractivity contribution in [1.82, 2.24) is 20.9 Å². The van der Waals surface area contributed by atoms with Crippen molar-refractivity contribution in [3.63, 3.8) is 0 Å². The zero-order chi connectivity index (χ0) is 33.4. The van der Waals surface area contributed by atoms with Gasteiger partial charge in [0.05, 0.1) is 0 Å². The van der Waals surface area contributed by atoms with Crippen LogP contribution in [0.4, 0.5) is 0 Å². The molecule has 0 unspecified atom stereocenters. The number of nitrogens with one attached hydrogen (secondary N) is 3. The third-order valence-electron chi connectivity index (χ3n) is 6.57. The number of rotatable bonds is 18. The molecule has 16 nitrogen and oxygen atoms in total. The molecule has 16 heteroatoms. The van der Waals surface area contributed by atoms with E-state index < -0.39 is 53.2 Å². The molecule has 0 aliphatic rings. The first-order chi connectivity index (χ1) is 20.5. The number of nitrogens with two attached hydrogens (primary N) is 5. The number of likely N-dealkylation sites (N-methyl/N-ethyl adjacent to an activating group) is 1. The molecule has 0 heterocycles. The lowest BCUT2D eigenvalue weighted by Gasteiger charge is -2.36.